The van der Waals surface area contributed by atoms with Crippen molar-refractivity contribution < 1.29 is 0 Å². The summed E-state index contributed by atoms with van der Waals surface area (Å²) in [6.45, 7) is 8.75. The van der Waals surface area contributed by atoms with Gasteiger partial charge in [-0.15, -0.1) is 0 Å². The Morgan fingerprint density at radius 1 is 1.13 bits per heavy atom. The number of nitrogens with zero attached hydrogens (tertiary/aromatic N) is 5. The second-order valence-electron chi connectivity index (χ2n) is 5.92. The molecule has 0 N–H and O–H groups in total. The first-order valence-electron chi connectivity index (χ1n) is 7.39. The van der Waals surface area contributed by atoms with E-state index >= 15 is 0 Å². The molecule has 0 aliphatic carbocycles. The first kappa shape index (κ1) is 15.6. The van der Waals surface area contributed by atoms with Gasteiger partial charge in [0.1, 0.15) is 18.1 Å². The van der Waals surface area contributed by atoms with Crippen LogP contribution in [0.2, 0.25) is 5.02 Å². The minimum atomic E-state index is 0.426. The lowest BCUT2D eigenvalue weighted by Crippen LogP contribution is -2.06. The van der Waals surface area contributed by atoms with Crippen LogP contribution in [0.25, 0.3) is 10.9 Å². The lowest BCUT2D eigenvalue weighted by Gasteiger charge is -2.13. The Labute approximate surface area is 140 Å². The summed E-state index contributed by atoms with van der Waals surface area (Å²) in [5, 5.41) is 15.4. The molecule has 0 aliphatic rings. The summed E-state index contributed by atoms with van der Waals surface area (Å²) in [6.07, 6.45) is 1.65. The fourth-order valence-corrected chi connectivity index (χ4v) is 3.49. The van der Waals surface area contributed by atoms with Crippen molar-refractivity contribution in [3.05, 3.63) is 45.1 Å². The van der Waals surface area contributed by atoms with Gasteiger partial charge in [-0.25, -0.2) is 4.98 Å². The third kappa shape index (κ3) is 2.22. The molecule has 0 unspecified atom stereocenters. The Balaban J connectivity index is 2.39. The lowest BCUT2D eigenvalue weighted by molar-refractivity contribution is 0.710. The average Bonchev–Trinajstić information content (AvgIpc) is 3.04. The summed E-state index contributed by atoms with van der Waals surface area (Å²) in [5.74, 6) is 0.660. The molecular weight excluding hydrogens is 310 g/mol. The molecule has 0 saturated carbocycles. The number of benzene rings is 1. The highest BCUT2D eigenvalue weighted by atomic mass is 35.5. The smallest absolute Gasteiger partial charge is 0.170 e. The van der Waals surface area contributed by atoms with Crippen LogP contribution in [0.3, 0.4) is 0 Å². The van der Waals surface area contributed by atoms with Crippen LogP contribution in [0.15, 0.2) is 6.33 Å². The van der Waals surface area contributed by atoms with Gasteiger partial charge in [-0.05, 0) is 49.9 Å². The van der Waals surface area contributed by atoms with Crippen molar-refractivity contribution in [1.82, 2.24) is 19.3 Å². The summed E-state index contributed by atoms with van der Waals surface area (Å²) in [6, 6.07) is 2.24. The molecule has 1 aromatic carbocycles. The van der Waals surface area contributed by atoms with Crippen molar-refractivity contribution in [2.24, 2.45) is 7.05 Å². The van der Waals surface area contributed by atoms with Crippen LogP contribution in [-0.2, 0) is 13.6 Å². The quantitative estimate of drug-likeness (QED) is 0.723. The van der Waals surface area contributed by atoms with E-state index in [4.69, 9.17) is 11.6 Å². The van der Waals surface area contributed by atoms with Gasteiger partial charge >= 0.3 is 0 Å². The molecular formula is C17H18ClN5. The summed E-state index contributed by atoms with van der Waals surface area (Å²) >= 11 is 6.55. The zero-order chi connectivity index (χ0) is 16.9. The van der Waals surface area contributed by atoms with Gasteiger partial charge in [-0.2, -0.15) is 10.4 Å². The molecule has 0 radical (unpaired) electrons. The first-order valence-corrected chi connectivity index (χ1v) is 7.77. The van der Waals surface area contributed by atoms with Gasteiger partial charge < -0.3 is 4.57 Å². The second-order valence-corrected chi connectivity index (χ2v) is 6.30. The molecule has 118 valence electrons. The molecule has 0 atom stereocenters. The fourth-order valence-electron chi connectivity index (χ4n) is 3.11. The fraction of sp³-hybridized carbons (Fsp3) is 0.353. The zero-order valence-corrected chi connectivity index (χ0v) is 14.7. The van der Waals surface area contributed by atoms with Gasteiger partial charge in [0.25, 0.3) is 0 Å². The predicted octanol–water partition coefficient (Wildman–Crippen LogP) is 3.58. The molecule has 0 saturated heterocycles. The van der Waals surface area contributed by atoms with Gasteiger partial charge in [0, 0.05) is 12.4 Å². The maximum Gasteiger partial charge on any atom is 0.170 e. The van der Waals surface area contributed by atoms with E-state index in [1.165, 1.54) is 11.1 Å². The molecule has 3 aromatic rings. The summed E-state index contributed by atoms with van der Waals surface area (Å²) in [4.78, 5) is 4.27. The van der Waals surface area contributed by atoms with Crippen molar-refractivity contribution in [3.63, 3.8) is 0 Å². The van der Waals surface area contributed by atoms with Crippen LogP contribution in [-0.4, -0.2) is 19.3 Å². The number of halogens is 1. The third-order valence-electron chi connectivity index (χ3n) is 4.67. The summed E-state index contributed by atoms with van der Waals surface area (Å²) in [5.41, 5.74) is 6.17. The molecule has 0 fully saturated rings. The lowest BCUT2D eigenvalue weighted by atomic mass is 9.95. The number of rotatable bonds is 2. The molecule has 5 nitrogen and oxygen atoms in total. The highest BCUT2D eigenvalue weighted by Crippen LogP contribution is 2.38. The number of hydrogen-bond donors (Lipinski definition) is 0. The van der Waals surface area contributed by atoms with Crippen molar-refractivity contribution in [1.29, 1.82) is 5.26 Å². The molecule has 0 bridgehead atoms. The second kappa shape index (κ2) is 5.39. The van der Waals surface area contributed by atoms with Crippen LogP contribution in [0, 0.1) is 39.0 Å². The third-order valence-corrected chi connectivity index (χ3v) is 5.04. The van der Waals surface area contributed by atoms with Crippen LogP contribution in [0.1, 0.15) is 33.8 Å². The molecule has 0 aliphatic heterocycles. The molecule has 3 rings (SSSR count). The van der Waals surface area contributed by atoms with Crippen LogP contribution in [0.4, 0.5) is 0 Å². The zero-order valence-electron chi connectivity index (χ0n) is 13.9. The van der Waals surface area contributed by atoms with E-state index in [1.807, 2.05) is 11.6 Å². The van der Waals surface area contributed by atoms with Gasteiger partial charge in [0.2, 0.25) is 0 Å². The van der Waals surface area contributed by atoms with Crippen molar-refractivity contribution in [3.8, 4) is 6.07 Å². The van der Waals surface area contributed by atoms with Gasteiger partial charge in [-0.3, -0.25) is 4.68 Å². The van der Waals surface area contributed by atoms with E-state index in [2.05, 4.69) is 43.8 Å². The van der Waals surface area contributed by atoms with E-state index in [0.717, 1.165) is 22.0 Å². The maximum atomic E-state index is 9.60. The first-order chi connectivity index (χ1) is 10.9. The van der Waals surface area contributed by atoms with Crippen molar-refractivity contribution >= 4 is 22.5 Å². The molecule has 23 heavy (non-hydrogen) atoms. The SMILES string of the molecule is Cc1c(C)c(C)c2c(c1C)c(Cl)c(C#N)n2Cc1ncn(C)n1. The molecule has 0 amide bonds. The van der Waals surface area contributed by atoms with Gasteiger partial charge in [0.05, 0.1) is 17.1 Å². The number of fused-ring (bicyclic) bond motifs is 1. The Morgan fingerprint density at radius 2 is 1.78 bits per heavy atom. The van der Waals surface area contributed by atoms with Crippen molar-refractivity contribution in [2.45, 2.75) is 34.2 Å². The van der Waals surface area contributed by atoms with Gasteiger partial charge in [-0.1, -0.05) is 11.6 Å². The Kier molecular flexibility index (Phi) is 3.65. The van der Waals surface area contributed by atoms with E-state index in [1.54, 1.807) is 11.0 Å². The van der Waals surface area contributed by atoms with Crippen LogP contribution >= 0.6 is 11.6 Å². The minimum absolute atomic E-state index is 0.426. The highest BCUT2D eigenvalue weighted by Gasteiger charge is 2.22. The number of hydrogen-bond acceptors (Lipinski definition) is 3. The van der Waals surface area contributed by atoms with Crippen molar-refractivity contribution in [2.75, 3.05) is 0 Å². The van der Waals surface area contributed by atoms with E-state index in [-0.39, 0.29) is 0 Å². The average molecular weight is 328 g/mol. The maximum absolute atomic E-state index is 9.60. The normalized spacial score (nSPS) is 11.2. The van der Waals surface area contributed by atoms with E-state index < -0.39 is 0 Å². The standard InChI is InChI=1S/C17H18ClN5/c1-9-10(2)12(4)17-15(11(9)3)16(18)13(6-19)23(17)7-14-20-8-22(5)21-14/h8H,7H2,1-5H3. The summed E-state index contributed by atoms with van der Waals surface area (Å²) < 4.78 is 3.59. The largest absolute Gasteiger partial charge is 0.323 e. The molecule has 2 aromatic heterocycles. The number of nitriles is 1. The molecule has 2 heterocycles. The van der Waals surface area contributed by atoms with Crippen LogP contribution in [0.5, 0.6) is 0 Å². The number of aromatic nitrogens is 4. The molecule has 6 heteroatoms. The Bertz CT molecular complexity index is 972. The Morgan fingerprint density at radius 3 is 2.35 bits per heavy atom. The topological polar surface area (TPSA) is 59.4 Å². The van der Waals surface area contributed by atoms with E-state index in [0.29, 0.717) is 23.1 Å². The monoisotopic (exact) mass is 327 g/mol. The number of aryl methyl sites for hydroxylation is 3. The highest BCUT2D eigenvalue weighted by molar-refractivity contribution is 6.37. The Hall–Kier alpha value is -2.32. The predicted molar refractivity (Wildman–Crippen MR) is 90.7 cm³/mol. The minimum Gasteiger partial charge on any atom is -0.323 e. The summed E-state index contributed by atoms with van der Waals surface area (Å²) in [7, 11) is 1.82. The molecule has 0 spiro atoms. The van der Waals surface area contributed by atoms with Crippen LogP contribution < -0.4 is 0 Å². The van der Waals surface area contributed by atoms with E-state index in [9.17, 15) is 5.26 Å². The van der Waals surface area contributed by atoms with Gasteiger partial charge in [0.15, 0.2) is 5.82 Å².